The third-order valence-electron chi connectivity index (χ3n) is 3.77. The summed E-state index contributed by atoms with van der Waals surface area (Å²) in [7, 11) is -1.59. The Morgan fingerprint density at radius 3 is 2.89 bits per heavy atom. The van der Waals surface area contributed by atoms with E-state index in [-0.39, 0.29) is 0 Å². The first kappa shape index (κ1) is 12.6. The second kappa shape index (κ2) is 4.61. The van der Waals surface area contributed by atoms with Crippen molar-refractivity contribution in [2.24, 2.45) is 4.40 Å². The van der Waals surface area contributed by atoms with Gasteiger partial charge in [-0.1, -0.05) is 12.1 Å². The summed E-state index contributed by atoms with van der Waals surface area (Å²) in [6.45, 7) is 1.91. The summed E-state index contributed by atoms with van der Waals surface area (Å²) < 4.78 is 28.0. The Hall–Kier alpha value is -1.40. The van der Waals surface area contributed by atoms with Crippen molar-refractivity contribution in [3.63, 3.8) is 0 Å². The third-order valence-corrected chi connectivity index (χ3v) is 5.09. The Bertz CT molecular complexity index is 619. The molecule has 0 saturated carbocycles. The first-order valence-electron chi connectivity index (χ1n) is 6.47. The maximum absolute atomic E-state index is 12.0. The number of amidine groups is 1. The second-order valence-corrected chi connectivity index (χ2v) is 6.57. The Labute approximate surface area is 113 Å². The van der Waals surface area contributed by atoms with Crippen molar-refractivity contribution in [1.29, 1.82) is 0 Å². The van der Waals surface area contributed by atoms with E-state index in [4.69, 9.17) is 0 Å². The van der Waals surface area contributed by atoms with Crippen molar-refractivity contribution >= 4 is 15.9 Å². The van der Waals surface area contributed by atoms with Gasteiger partial charge in [-0.3, -0.25) is 0 Å². The lowest BCUT2D eigenvalue weighted by molar-refractivity contribution is 0.294. The van der Waals surface area contributed by atoms with E-state index in [1.807, 2.05) is 24.1 Å². The van der Waals surface area contributed by atoms with E-state index < -0.39 is 10.0 Å². The van der Waals surface area contributed by atoms with Crippen molar-refractivity contribution in [2.75, 3.05) is 20.1 Å². The van der Waals surface area contributed by atoms with Gasteiger partial charge in [0.25, 0.3) is 10.0 Å². The van der Waals surface area contributed by atoms with Crippen molar-refractivity contribution in [3.05, 3.63) is 29.8 Å². The van der Waals surface area contributed by atoms with Crippen molar-refractivity contribution < 1.29 is 8.42 Å². The molecule has 2 aliphatic heterocycles. The molecular weight excluding hydrogens is 262 g/mol. The zero-order chi connectivity index (χ0) is 13.5. The highest BCUT2D eigenvalue weighted by Crippen LogP contribution is 2.28. The van der Waals surface area contributed by atoms with Crippen molar-refractivity contribution in [3.8, 4) is 0 Å². The van der Waals surface area contributed by atoms with Crippen LogP contribution in [0.25, 0.3) is 0 Å². The molecule has 5 nitrogen and oxygen atoms in total. The summed E-state index contributed by atoms with van der Waals surface area (Å²) in [4.78, 5) is 2.32. The van der Waals surface area contributed by atoms with E-state index in [2.05, 4.69) is 9.71 Å². The molecule has 19 heavy (non-hydrogen) atoms. The van der Waals surface area contributed by atoms with Crippen molar-refractivity contribution in [1.82, 2.24) is 10.2 Å². The van der Waals surface area contributed by atoms with Crippen LogP contribution in [-0.4, -0.2) is 45.3 Å². The van der Waals surface area contributed by atoms with E-state index in [0.717, 1.165) is 31.5 Å². The van der Waals surface area contributed by atoms with Gasteiger partial charge in [-0.2, -0.15) is 8.42 Å². The Kier molecular flexibility index (Phi) is 3.06. The molecule has 1 saturated heterocycles. The van der Waals surface area contributed by atoms with Crippen LogP contribution < -0.4 is 5.32 Å². The quantitative estimate of drug-likeness (QED) is 0.827. The predicted octanol–water partition coefficient (Wildman–Crippen LogP) is 0.819. The summed E-state index contributed by atoms with van der Waals surface area (Å²) in [5.41, 5.74) is 0.718. The molecule has 0 spiro atoms. The molecule has 0 unspecified atom stereocenters. The maximum atomic E-state index is 12.0. The average molecular weight is 279 g/mol. The van der Waals surface area contributed by atoms with Gasteiger partial charge in [0, 0.05) is 25.2 Å². The predicted molar refractivity (Wildman–Crippen MR) is 73.8 cm³/mol. The molecule has 1 fully saturated rings. The summed E-state index contributed by atoms with van der Waals surface area (Å²) >= 11 is 0. The molecule has 6 heteroatoms. The van der Waals surface area contributed by atoms with E-state index >= 15 is 0 Å². The van der Waals surface area contributed by atoms with Crippen LogP contribution in [-0.2, 0) is 10.0 Å². The standard InChI is InChI=1S/C13H17N3O2S/c1-16(10-5-4-8-14-9-10)13-11-6-2-3-7-12(11)19(17,18)15-13/h2-3,6-7,10,14H,4-5,8-9H2,1H3/t10-/m1/s1. The Morgan fingerprint density at radius 2 is 2.16 bits per heavy atom. The largest absolute Gasteiger partial charge is 0.354 e. The number of fused-ring (bicyclic) bond motifs is 1. The molecule has 0 aromatic heterocycles. The van der Waals surface area contributed by atoms with Gasteiger partial charge in [-0.15, -0.1) is 4.40 Å². The van der Waals surface area contributed by atoms with Crippen LogP contribution in [0.1, 0.15) is 18.4 Å². The minimum Gasteiger partial charge on any atom is -0.354 e. The lowest BCUT2D eigenvalue weighted by atomic mass is 10.0. The molecule has 102 valence electrons. The summed E-state index contributed by atoms with van der Waals surface area (Å²) in [6, 6.07) is 7.33. The molecule has 1 aromatic rings. The monoisotopic (exact) mass is 279 g/mol. The summed E-state index contributed by atoms with van der Waals surface area (Å²) in [6.07, 6.45) is 2.17. The van der Waals surface area contributed by atoms with Crippen LogP contribution in [0.5, 0.6) is 0 Å². The molecule has 1 aromatic carbocycles. The van der Waals surface area contributed by atoms with Gasteiger partial charge in [0.05, 0.1) is 0 Å². The number of likely N-dealkylation sites (N-methyl/N-ethyl adjacent to an activating group) is 1. The number of nitrogens with one attached hydrogen (secondary N) is 1. The van der Waals surface area contributed by atoms with Crippen LogP contribution in [0.2, 0.25) is 0 Å². The van der Waals surface area contributed by atoms with E-state index in [1.165, 1.54) is 0 Å². The van der Waals surface area contributed by atoms with Crippen LogP contribution >= 0.6 is 0 Å². The highest BCUT2D eigenvalue weighted by molar-refractivity contribution is 7.90. The maximum Gasteiger partial charge on any atom is 0.285 e. The van der Waals surface area contributed by atoms with E-state index in [9.17, 15) is 8.42 Å². The molecule has 1 N–H and O–H groups in total. The summed E-state index contributed by atoms with van der Waals surface area (Å²) in [5, 5.41) is 3.34. The molecule has 0 aliphatic carbocycles. The molecule has 2 heterocycles. The third kappa shape index (κ3) is 2.15. The highest BCUT2D eigenvalue weighted by Gasteiger charge is 2.32. The molecule has 0 bridgehead atoms. The first-order chi connectivity index (χ1) is 9.09. The molecule has 3 rings (SSSR count). The highest BCUT2D eigenvalue weighted by atomic mass is 32.2. The molecule has 0 amide bonds. The van der Waals surface area contributed by atoms with E-state index in [0.29, 0.717) is 16.8 Å². The number of piperidine rings is 1. The van der Waals surface area contributed by atoms with Crippen LogP contribution in [0.3, 0.4) is 0 Å². The van der Waals surface area contributed by atoms with Gasteiger partial charge in [0.2, 0.25) is 0 Å². The Morgan fingerprint density at radius 1 is 1.37 bits per heavy atom. The smallest absolute Gasteiger partial charge is 0.285 e. The molecular formula is C13H17N3O2S. The summed E-state index contributed by atoms with van der Waals surface area (Å²) in [5.74, 6) is 0.573. The fraction of sp³-hybridized carbons (Fsp3) is 0.462. The second-order valence-electron chi connectivity index (χ2n) is 5.00. The number of rotatable bonds is 1. The molecule has 1 atom stereocenters. The first-order valence-corrected chi connectivity index (χ1v) is 7.91. The lowest BCUT2D eigenvalue weighted by Gasteiger charge is -2.33. The SMILES string of the molecule is CN(C1=NS(=O)(=O)c2ccccc21)[C@@H]1CCCNC1. The van der Waals surface area contributed by atoms with E-state index in [1.54, 1.807) is 12.1 Å². The van der Waals surface area contributed by atoms with Gasteiger partial charge in [0.15, 0.2) is 5.84 Å². The normalized spacial score (nSPS) is 24.7. The van der Waals surface area contributed by atoms with Gasteiger partial charge in [-0.05, 0) is 31.5 Å². The van der Waals surface area contributed by atoms with Gasteiger partial charge < -0.3 is 10.2 Å². The van der Waals surface area contributed by atoms with Gasteiger partial charge in [-0.25, -0.2) is 0 Å². The Balaban J connectivity index is 1.97. The van der Waals surface area contributed by atoms with Gasteiger partial charge >= 0.3 is 0 Å². The number of sulfonamides is 1. The number of benzene rings is 1. The number of nitrogens with zero attached hydrogens (tertiary/aromatic N) is 2. The number of hydrogen-bond donors (Lipinski definition) is 1. The molecule has 2 aliphatic rings. The van der Waals surface area contributed by atoms with Crippen LogP contribution in [0, 0.1) is 0 Å². The number of hydrogen-bond acceptors (Lipinski definition) is 4. The topological polar surface area (TPSA) is 61.8 Å². The lowest BCUT2D eigenvalue weighted by Crippen LogP contribution is -2.46. The molecule has 0 radical (unpaired) electrons. The minimum absolute atomic E-state index is 0.300. The zero-order valence-electron chi connectivity index (χ0n) is 10.8. The minimum atomic E-state index is -3.51. The fourth-order valence-electron chi connectivity index (χ4n) is 2.68. The van der Waals surface area contributed by atoms with Gasteiger partial charge in [0.1, 0.15) is 4.90 Å². The zero-order valence-corrected chi connectivity index (χ0v) is 11.7. The van der Waals surface area contributed by atoms with Crippen molar-refractivity contribution in [2.45, 2.75) is 23.8 Å². The average Bonchev–Trinajstić information content (AvgIpc) is 2.72. The fourth-order valence-corrected chi connectivity index (χ4v) is 3.92. The van der Waals surface area contributed by atoms with Crippen LogP contribution in [0.15, 0.2) is 33.6 Å². The van der Waals surface area contributed by atoms with Crippen LogP contribution in [0.4, 0.5) is 0 Å².